The number of fused-ring (bicyclic) bond motifs is 1. The van der Waals surface area contributed by atoms with Crippen LogP contribution >= 0.6 is 0 Å². The van der Waals surface area contributed by atoms with Crippen molar-refractivity contribution in [3.8, 4) is 0 Å². The Morgan fingerprint density at radius 3 is 2.55 bits per heavy atom. The van der Waals surface area contributed by atoms with Crippen LogP contribution in [0.15, 0.2) is 33.9 Å². The number of aromatic nitrogens is 2. The topological polar surface area (TPSA) is 64.1 Å². The highest BCUT2D eigenvalue weighted by Crippen LogP contribution is 2.11. The van der Waals surface area contributed by atoms with E-state index in [0.717, 1.165) is 4.57 Å². The van der Waals surface area contributed by atoms with Gasteiger partial charge in [-0.1, -0.05) is 31.8 Å². The van der Waals surface area contributed by atoms with Crippen molar-refractivity contribution in [2.45, 2.75) is 39.0 Å². The van der Waals surface area contributed by atoms with E-state index >= 15 is 0 Å². The summed E-state index contributed by atoms with van der Waals surface area (Å²) >= 11 is 0. The molecule has 1 N–H and O–H groups in total. The average molecular weight is 292 g/mol. The monoisotopic (exact) mass is 292 g/mol. The van der Waals surface area contributed by atoms with E-state index < -0.39 is 13.8 Å². The van der Waals surface area contributed by atoms with Crippen LogP contribution in [-0.2, 0) is 11.5 Å². The van der Waals surface area contributed by atoms with Gasteiger partial charge in [0.15, 0.2) is 0 Å². The maximum absolute atomic E-state index is 12.3. The fraction of sp³-hybridized carbons (Fsp3) is 0.429. The molecule has 1 heterocycles. The molecule has 0 aliphatic carbocycles. The molecule has 1 aromatic heterocycles. The molecule has 6 heteroatoms. The van der Waals surface area contributed by atoms with Crippen LogP contribution < -0.4 is 11.2 Å². The Morgan fingerprint density at radius 1 is 1.25 bits per heavy atom. The third-order valence-corrected chi connectivity index (χ3v) is 6.17. The van der Waals surface area contributed by atoms with Crippen LogP contribution in [0.25, 0.3) is 10.9 Å². The van der Waals surface area contributed by atoms with E-state index in [0.29, 0.717) is 10.9 Å². The zero-order chi connectivity index (χ0) is 14.9. The fourth-order valence-electron chi connectivity index (χ4n) is 1.75. The minimum Gasteiger partial charge on any atom is -0.361 e. The van der Waals surface area contributed by atoms with Crippen LogP contribution in [0.4, 0.5) is 0 Å². The van der Waals surface area contributed by atoms with Crippen LogP contribution in [0.1, 0.15) is 6.92 Å². The first-order valence-corrected chi connectivity index (χ1v) is 10.2. The maximum Gasteiger partial charge on any atom is 0.330 e. The van der Waals surface area contributed by atoms with Gasteiger partial charge in [0.1, 0.15) is 6.73 Å². The summed E-state index contributed by atoms with van der Waals surface area (Å²) in [6.45, 7) is 8.54. The van der Waals surface area contributed by atoms with Crippen molar-refractivity contribution < 1.29 is 4.74 Å². The highest BCUT2D eigenvalue weighted by molar-refractivity contribution is 6.77. The molecule has 0 amide bonds. The highest BCUT2D eigenvalue weighted by atomic mass is 28.3. The zero-order valence-corrected chi connectivity index (χ0v) is 13.3. The van der Waals surface area contributed by atoms with Gasteiger partial charge in [-0.25, -0.2) is 9.36 Å². The van der Waals surface area contributed by atoms with Crippen molar-refractivity contribution in [1.29, 1.82) is 0 Å². The van der Waals surface area contributed by atoms with E-state index in [2.05, 4.69) is 24.6 Å². The molecule has 5 nitrogen and oxygen atoms in total. The van der Waals surface area contributed by atoms with Crippen molar-refractivity contribution in [1.82, 2.24) is 9.55 Å². The molecule has 0 spiro atoms. The molecule has 2 rings (SSSR count). The first kappa shape index (κ1) is 14.7. The molecule has 0 aliphatic heterocycles. The minimum atomic E-state index is -1.45. The zero-order valence-electron chi connectivity index (χ0n) is 12.3. The lowest BCUT2D eigenvalue weighted by molar-refractivity contribution is 0.0521. The molecule has 0 saturated heterocycles. The standard InChI is InChI=1S/C14H20N2O3Si/c1-10(20(2,3)4)19-9-16-13(17)11-7-5-6-8-12(11)15-14(16)18/h5-8,10H,9H2,1-4H3,(H,15,18). The summed E-state index contributed by atoms with van der Waals surface area (Å²) in [6.07, 6.45) is 0. The van der Waals surface area contributed by atoms with Gasteiger partial charge in [-0.3, -0.25) is 4.79 Å². The molecule has 0 bridgehead atoms. The first-order valence-electron chi connectivity index (χ1n) is 6.64. The van der Waals surface area contributed by atoms with Crippen LogP contribution in [-0.4, -0.2) is 23.4 Å². The van der Waals surface area contributed by atoms with Crippen molar-refractivity contribution in [2.75, 3.05) is 0 Å². The fourth-order valence-corrected chi connectivity index (χ4v) is 2.33. The Bertz CT molecular complexity index is 728. The number of H-pyrrole nitrogens is 1. The Hall–Kier alpha value is -1.66. The van der Waals surface area contributed by atoms with Crippen LogP contribution in [0.3, 0.4) is 0 Å². The summed E-state index contributed by atoms with van der Waals surface area (Å²) < 4.78 is 6.82. The molecule has 0 saturated carbocycles. The molecule has 0 fully saturated rings. The third kappa shape index (κ3) is 2.91. The number of hydrogen-bond donors (Lipinski definition) is 1. The number of hydrogen-bond acceptors (Lipinski definition) is 3. The molecule has 1 aromatic carbocycles. The summed E-state index contributed by atoms with van der Waals surface area (Å²) in [4.78, 5) is 26.9. The van der Waals surface area contributed by atoms with Gasteiger partial charge < -0.3 is 9.72 Å². The smallest absolute Gasteiger partial charge is 0.330 e. The molecular weight excluding hydrogens is 272 g/mol. The second-order valence-electron chi connectivity index (χ2n) is 6.01. The Labute approximate surface area is 118 Å². The number of nitrogens with zero attached hydrogens (tertiary/aromatic N) is 1. The van der Waals surface area contributed by atoms with E-state index in [1.807, 2.05) is 6.92 Å². The number of ether oxygens (including phenoxy) is 1. The number of para-hydroxylation sites is 1. The largest absolute Gasteiger partial charge is 0.361 e. The number of benzene rings is 1. The summed E-state index contributed by atoms with van der Waals surface area (Å²) in [5.74, 6) is 0. The highest BCUT2D eigenvalue weighted by Gasteiger charge is 2.23. The number of aromatic amines is 1. The Kier molecular flexibility index (Phi) is 3.96. The predicted molar refractivity (Wildman–Crippen MR) is 82.7 cm³/mol. The Morgan fingerprint density at radius 2 is 1.90 bits per heavy atom. The molecule has 20 heavy (non-hydrogen) atoms. The van der Waals surface area contributed by atoms with Gasteiger partial charge in [-0.15, -0.1) is 0 Å². The van der Waals surface area contributed by atoms with Crippen molar-refractivity contribution in [2.24, 2.45) is 0 Å². The van der Waals surface area contributed by atoms with E-state index in [1.54, 1.807) is 24.3 Å². The second-order valence-corrected chi connectivity index (χ2v) is 11.6. The van der Waals surface area contributed by atoms with Crippen molar-refractivity contribution in [3.05, 3.63) is 45.1 Å². The average Bonchev–Trinajstić information content (AvgIpc) is 2.37. The number of nitrogens with one attached hydrogen (secondary N) is 1. The van der Waals surface area contributed by atoms with Gasteiger partial charge in [-0.05, 0) is 19.1 Å². The van der Waals surface area contributed by atoms with Gasteiger partial charge in [0.2, 0.25) is 0 Å². The minimum absolute atomic E-state index is 0.00949. The van der Waals surface area contributed by atoms with Gasteiger partial charge in [0.05, 0.1) is 19.0 Å². The lowest BCUT2D eigenvalue weighted by Crippen LogP contribution is -2.42. The molecule has 0 radical (unpaired) electrons. The SMILES string of the molecule is CC(OCn1c(=O)[nH]c2ccccc2c1=O)[Si](C)(C)C. The van der Waals surface area contributed by atoms with Crippen molar-refractivity contribution >= 4 is 19.0 Å². The predicted octanol–water partition coefficient (Wildman–Crippen LogP) is 1.93. The van der Waals surface area contributed by atoms with E-state index in [4.69, 9.17) is 4.74 Å². The quantitative estimate of drug-likeness (QED) is 0.876. The van der Waals surface area contributed by atoms with E-state index in [1.165, 1.54) is 0 Å². The van der Waals surface area contributed by atoms with E-state index in [9.17, 15) is 9.59 Å². The van der Waals surface area contributed by atoms with Crippen molar-refractivity contribution in [3.63, 3.8) is 0 Å². The molecule has 108 valence electrons. The molecular formula is C14H20N2O3Si. The van der Waals surface area contributed by atoms with Gasteiger partial charge >= 0.3 is 5.69 Å². The summed E-state index contributed by atoms with van der Waals surface area (Å²) in [7, 11) is -1.45. The van der Waals surface area contributed by atoms with Gasteiger partial charge in [-0.2, -0.15) is 0 Å². The van der Waals surface area contributed by atoms with Crippen LogP contribution in [0.5, 0.6) is 0 Å². The first-order chi connectivity index (χ1) is 9.30. The lowest BCUT2D eigenvalue weighted by atomic mass is 10.2. The second kappa shape index (κ2) is 5.38. The molecule has 2 aromatic rings. The molecule has 0 aliphatic rings. The van der Waals surface area contributed by atoms with Crippen LogP contribution in [0.2, 0.25) is 19.6 Å². The number of rotatable bonds is 4. The normalized spacial score (nSPS) is 13.6. The summed E-state index contributed by atoms with van der Waals surface area (Å²) in [5, 5.41) is 0.497. The summed E-state index contributed by atoms with van der Waals surface area (Å²) in [5.41, 5.74) is -0.124. The van der Waals surface area contributed by atoms with Gasteiger partial charge in [0, 0.05) is 5.73 Å². The maximum atomic E-state index is 12.3. The molecule has 1 atom stereocenters. The Balaban J connectivity index is 2.36. The lowest BCUT2D eigenvalue weighted by Gasteiger charge is -2.25. The van der Waals surface area contributed by atoms with E-state index in [-0.39, 0.29) is 18.0 Å². The van der Waals surface area contributed by atoms with Gasteiger partial charge in [0.25, 0.3) is 5.56 Å². The third-order valence-electron chi connectivity index (χ3n) is 3.56. The summed E-state index contributed by atoms with van der Waals surface area (Å²) in [6, 6.07) is 6.98. The van der Waals surface area contributed by atoms with Crippen LogP contribution in [0, 0.1) is 0 Å². The molecule has 1 unspecified atom stereocenters.